The summed E-state index contributed by atoms with van der Waals surface area (Å²) in [5.41, 5.74) is 11.8. The van der Waals surface area contributed by atoms with E-state index in [-0.39, 0.29) is 0 Å². The largest absolute Gasteiger partial charge is 0.309 e. The fourth-order valence-corrected chi connectivity index (χ4v) is 7.58. The van der Waals surface area contributed by atoms with Crippen molar-refractivity contribution in [3.8, 4) is 45.3 Å². The number of rotatable bonds is 5. The Hall–Kier alpha value is -6.78. The summed E-state index contributed by atoms with van der Waals surface area (Å²) in [4.78, 5) is 10.3. The molecule has 3 heterocycles. The average molecular weight is 639 g/mol. The Morgan fingerprint density at radius 1 is 0.360 bits per heavy atom. The van der Waals surface area contributed by atoms with Crippen LogP contribution in [0.1, 0.15) is 0 Å². The first-order chi connectivity index (χ1) is 24.8. The summed E-state index contributed by atoms with van der Waals surface area (Å²) >= 11 is 0. The predicted molar refractivity (Wildman–Crippen MR) is 207 cm³/mol. The Morgan fingerprint density at radius 2 is 0.860 bits per heavy atom. The summed E-state index contributed by atoms with van der Waals surface area (Å²) in [7, 11) is 0. The number of aromatic nitrogens is 4. The molecule has 0 bridgehead atoms. The smallest absolute Gasteiger partial charge is 0.160 e. The van der Waals surface area contributed by atoms with Crippen LogP contribution in [0.5, 0.6) is 0 Å². The molecule has 0 spiro atoms. The molecule has 4 heteroatoms. The predicted octanol–water partition coefficient (Wildman–Crippen LogP) is 11.7. The number of hydrogen-bond donors (Lipinski definition) is 0. The zero-order valence-electron chi connectivity index (χ0n) is 27.1. The van der Waals surface area contributed by atoms with Gasteiger partial charge >= 0.3 is 0 Å². The number of para-hydroxylation sites is 4. The summed E-state index contributed by atoms with van der Waals surface area (Å²) in [5, 5.41) is 4.96. The zero-order chi connectivity index (χ0) is 33.0. The fraction of sp³-hybridized carbons (Fsp3) is 0. The molecule has 0 saturated carbocycles. The lowest BCUT2D eigenvalue weighted by molar-refractivity contribution is 1.15. The molecule has 0 saturated heterocycles. The molecular weight excluding hydrogens is 609 g/mol. The van der Waals surface area contributed by atoms with Gasteiger partial charge in [-0.25, -0.2) is 9.97 Å². The van der Waals surface area contributed by atoms with Crippen molar-refractivity contribution in [2.75, 3.05) is 0 Å². The third-order valence-electron chi connectivity index (χ3n) is 9.73. The Kier molecular flexibility index (Phi) is 6.46. The second-order valence-electron chi connectivity index (χ2n) is 12.6. The Morgan fingerprint density at radius 3 is 1.54 bits per heavy atom. The minimum absolute atomic E-state index is 0.703. The van der Waals surface area contributed by atoms with E-state index in [1.165, 1.54) is 32.6 Å². The van der Waals surface area contributed by atoms with Crippen molar-refractivity contribution < 1.29 is 0 Å². The second kappa shape index (κ2) is 11.4. The Labute approximate surface area is 289 Å². The summed E-state index contributed by atoms with van der Waals surface area (Å²) < 4.78 is 4.81. The number of fused-ring (bicyclic) bond motifs is 7. The van der Waals surface area contributed by atoms with Crippen LogP contribution in [0.4, 0.5) is 0 Å². The lowest BCUT2D eigenvalue weighted by Crippen LogP contribution is -2.00. The maximum absolute atomic E-state index is 5.23. The van der Waals surface area contributed by atoms with Gasteiger partial charge in [0.2, 0.25) is 0 Å². The first kappa shape index (κ1) is 28.3. The molecule has 234 valence electrons. The zero-order valence-corrected chi connectivity index (χ0v) is 27.1. The molecule has 0 aliphatic heterocycles. The molecule has 0 unspecified atom stereocenters. The van der Waals surface area contributed by atoms with Gasteiger partial charge in [0.05, 0.1) is 39.1 Å². The van der Waals surface area contributed by atoms with Crippen LogP contribution in [0.25, 0.3) is 88.9 Å². The van der Waals surface area contributed by atoms with Gasteiger partial charge in [-0.05, 0) is 48.5 Å². The molecule has 0 aliphatic rings. The van der Waals surface area contributed by atoms with Gasteiger partial charge in [0.25, 0.3) is 0 Å². The third kappa shape index (κ3) is 4.39. The van der Waals surface area contributed by atoms with E-state index in [0.29, 0.717) is 5.82 Å². The molecular formula is C46H30N4. The number of nitrogens with zero attached hydrogens (tertiary/aromatic N) is 4. The maximum Gasteiger partial charge on any atom is 0.160 e. The standard InChI is InChI=1S/C46H30N4/c1-4-16-31(17-5-1)37-30-38(48-46(47-37)32-18-6-2-7-19-32)34-22-10-13-25-39(34)50-41-27-15-12-24-36(41)45-43(50)29-28-42-44(45)35-23-11-14-26-40(35)49(42)33-20-8-3-9-21-33/h1-30H. The first-order valence-corrected chi connectivity index (χ1v) is 16.9. The molecule has 0 N–H and O–H groups in total. The highest BCUT2D eigenvalue weighted by molar-refractivity contribution is 6.29. The van der Waals surface area contributed by atoms with Crippen LogP contribution in [0.3, 0.4) is 0 Å². The van der Waals surface area contributed by atoms with Crippen LogP contribution < -0.4 is 0 Å². The van der Waals surface area contributed by atoms with Gasteiger partial charge in [-0.1, -0.05) is 133 Å². The maximum atomic E-state index is 5.23. The quantitative estimate of drug-likeness (QED) is 0.188. The fourth-order valence-electron chi connectivity index (χ4n) is 7.58. The van der Waals surface area contributed by atoms with E-state index in [4.69, 9.17) is 9.97 Å². The Balaban J connectivity index is 1.28. The topological polar surface area (TPSA) is 35.6 Å². The number of benzene rings is 7. The van der Waals surface area contributed by atoms with Crippen molar-refractivity contribution in [3.05, 3.63) is 182 Å². The number of hydrogen-bond acceptors (Lipinski definition) is 2. The van der Waals surface area contributed by atoms with E-state index in [1.54, 1.807) is 0 Å². The van der Waals surface area contributed by atoms with Crippen molar-refractivity contribution in [1.82, 2.24) is 19.1 Å². The van der Waals surface area contributed by atoms with Crippen molar-refractivity contribution in [2.45, 2.75) is 0 Å². The highest BCUT2D eigenvalue weighted by Gasteiger charge is 2.22. The molecule has 0 fully saturated rings. The monoisotopic (exact) mass is 638 g/mol. The molecule has 4 nitrogen and oxygen atoms in total. The van der Waals surface area contributed by atoms with Crippen LogP contribution in [-0.4, -0.2) is 19.1 Å². The third-order valence-corrected chi connectivity index (χ3v) is 9.73. The molecule has 0 radical (unpaired) electrons. The van der Waals surface area contributed by atoms with Crippen molar-refractivity contribution in [2.24, 2.45) is 0 Å². The van der Waals surface area contributed by atoms with E-state index in [0.717, 1.165) is 50.5 Å². The lowest BCUT2D eigenvalue weighted by atomic mass is 10.0. The van der Waals surface area contributed by atoms with Gasteiger partial charge < -0.3 is 9.13 Å². The van der Waals surface area contributed by atoms with Crippen LogP contribution in [0.15, 0.2) is 182 Å². The van der Waals surface area contributed by atoms with E-state index in [2.05, 4.69) is 167 Å². The summed E-state index contributed by atoms with van der Waals surface area (Å²) in [6.07, 6.45) is 0. The van der Waals surface area contributed by atoms with E-state index < -0.39 is 0 Å². The second-order valence-corrected chi connectivity index (χ2v) is 12.6. The van der Waals surface area contributed by atoms with Crippen molar-refractivity contribution in [3.63, 3.8) is 0 Å². The van der Waals surface area contributed by atoms with Crippen LogP contribution in [0.2, 0.25) is 0 Å². The Bertz CT molecular complexity index is 2790. The summed E-state index contributed by atoms with van der Waals surface area (Å²) in [6.45, 7) is 0. The molecule has 10 aromatic rings. The normalized spacial score (nSPS) is 11.6. The summed E-state index contributed by atoms with van der Waals surface area (Å²) in [5.74, 6) is 0.703. The molecule has 0 aliphatic carbocycles. The van der Waals surface area contributed by atoms with Gasteiger partial charge in [0, 0.05) is 43.9 Å². The SMILES string of the molecule is c1ccc(-c2cc(-c3ccccc3-n3c4ccccc4c4c5c6ccccc6n(-c6ccccc6)c5ccc43)nc(-c3ccccc3)n2)cc1. The van der Waals surface area contributed by atoms with E-state index in [1.807, 2.05) is 24.3 Å². The minimum atomic E-state index is 0.703. The highest BCUT2D eigenvalue weighted by Crippen LogP contribution is 2.43. The van der Waals surface area contributed by atoms with Gasteiger partial charge in [0.1, 0.15) is 0 Å². The molecule has 10 rings (SSSR count). The molecule has 0 atom stereocenters. The van der Waals surface area contributed by atoms with Crippen LogP contribution >= 0.6 is 0 Å². The lowest BCUT2D eigenvalue weighted by Gasteiger charge is -2.15. The van der Waals surface area contributed by atoms with Crippen LogP contribution in [-0.2, 0) is 0 Å². The van der Waals surface area contributed by atoms with Gasteiger partial charge in [0.15, 0.2) is 5.82 Å². The van der Waals surface area contributed by atoms with Gasteiger partial charge in [-0.15, -0.1) is 0 Å². The van der Waals surface area contributed by atoms with E-state index in [9.17, 15) is 0 Å². The average Bonchev–Trinajstić information content (AvgIpc) is 3.71. The summed E-state index contributed by atoms with van der Waals surface area (Å²) in [6, 6.07) is 64.1. The molecule has 3 aromatic heterocycles. The van der Waals surface area contributed by atoms with Crippen molar-refractivity contribution in [1.29, 1.82) is 0 Å². The van der Waals surface area contributed by atoms with Crippen molar-refractivity contribution >= 4 is 43.6 Å². The highest BCUT2D eigenvalue weighted by atomic mass is 15.0. The molecule has 0 amide bonds. The van der Waals surface area contributed by atoms with E-state index >= 15 is 0 Å². The first-order valence-electron chi connectivity index (χ1n) is 16.9. The molecule has 7 aromatic carbocycles. The molecule has 50 heavy (non-hydrogen) atoms. The van der Waals surface area contributed by atoms with Crippen LogP contribution in [0, 0.1) is 0 Å². The van der Waals surface area contributed by atoms with Gasteiger partial charge in [-0.3, -0.25) is 0 Å². The van der Waals surface area contributed by atoms with Gasteiger partial charge in [-0.2, -0.15) is 0 Å². The minimum Gasteiger partial charge on any atom is -0.309 e.